The summed E-state index contributed by atoms with van der Waals surface area (Å²) in [7, 11) is -3.92. The van der Waals surface area contributed by atoms with Crippen LogP contribution in [0.25, 0.3) is 0 Å². The minimum absolute atomic E-state index is 0.149. The number of sulfonamides is 1. The number of para-hydroxylation sites is 1. The number of benzene rings is 3. The molecule has 0 aliphatic rings. The zero-order chi connectivity index (χ0) is 23.1. The van der Waals surface area contributed by atoms with Gasteiger partial charge in [-0.3, -0.25) is 4.79 Å². The second kappa shape index (κ2) is 10.1. The zero-order valence-corrected chi connectivity index (χ0v) is 18.0. The predicted octanol–water partition coefficient (Wildman–Crippen LogP) is 3.10. The van der Waals surface area contributed by atoms with Gasteiger partial charge in [0.2, 0.25) is 10.0 Å². The van der Waals surface area contributed by atoms with Crippen LogP contribution in [0.5, 0.6) is 5.75 Å². The van der Waals surface area contributed by atoms with Crippen LogP contribution in [0.2, 0.25) is 0 Å². The van der Waals surface area contributed by atoms with Gasteiger partial charge in [0.25, 0.3) is 5.91 Å². The highest BCUT2D eigenvalue weighted by atomic mass is 32.2. The van der Waals surface area contributed by atoms with Gasteiger partial charge in [0.15, 0.2) is 6.10 Å². The predicted molar refractivity (Wildman–Crippen MR) is 119 cm³/mol. The molecule has 0 spiro atoms. The highest BCUT2D eigenvalue weighted by Gasteiger charge is 2.22. The van der Waals surface area contributed by atoms with Crippen molar-refractivity contribution in [1.29, 1.82) is 0 Å². The maximum Gasteiger partial charge on any atom is 0.342 e. The van der Waals surface area contributed by atoms with E-state index in [1.165, 1.54) is 31.2 Å². The summed E-state index contributed by atoms with van der Waals surface area (Å²) in [5.74, 6) is -1.03. The van der Waals surface area contributed by atoms with Crippen molar-refractivity contribution in [2.75, 3.05) is 5.32 Å². The second-order valence-electron chi connectivity index (χ2n) is 6.88. The third kappa shape index (κ3) is 6.16. The van der Waals surface area contributed by atoms with Crippen LogP contribution >= 0.6 is 0 Å². The Balaban J connectivity index is 1.65. The largest absolute Gasteiger partial charge is 0.488 e. The Morgan fingerprint density at radius 1 is 0.969 bits per heavy atom. The van der Waals surface area contributed by atoms with Crippen molar-refractivity contribution in [2.24, 2.45) is 5.14 Å². The number of carbonyl (C=O) groups is 2. The summed E-state index contributed by atoms with van der Waals surface area (Å²) in [6, 6.07) is 21.5. The van der Waals surface area contributed by atoms with Crippen molar-refractivity contribution < 1.29 is 27.5 Å². The Hall–Kier alpha value is -3.69. The monoisotopic (exact) mass is 454 g/mol. The number of ether oxygens (including phenoxy) is 2. The van der Waals surface area contributed by atoms with Gasteiger partial charge in [-0.15, -0.1) is 0 Å². The van der Waals surface area contributed by atoms with E-state index in [0.29, 0.717) is 5.75 Å². The van der Waals surface area contributed by atoms with E-state index in [2.05, 4.69) is 5.32 Å². The molecular weight excluding hydrogens is 432 g/mol. The van der Waals surface area contributed by atoms with Gasteiger partial charge in [-0.05, 0) is 42.8 Å². The molecule has 0 aliphatic carbocycles. The molecule has 1 unspecified atom stereocenters. The van der Waals surface area contributed by atoms with E-state index < -0.39 is 28.0 Å². The fraction of sp³-hybridized carbons (Fsp3) is 0.130. The summed E-state index contributed by atoms with van der Waals surface area (Å²) in [4.78, 5) is 24.9. The molecule has 1 atom stereocenters. The van der Waals surface area contributed by atoms with E-state index in [1.54, 1.807) is 24.3 Å². The Morgan fingerprint density at radius 3 is 2.38 bits per heavy atom. The van der Waals surface area contributed by atoms with Crippen molar-refractivity contribution in [1.82, 2.24) is 0 Å². The van der Waals surface area contributed by atoms with Crippen LogP contribution in [0.1, 0.15) is 22.8 Å². The lowest BCUT2D eigenvalue weighted by Crippen LogP contribution is -2.30. The Bertz CT molecular complexity index is 1210. The lowest BCUT2D eigenvalue weighted by Gasteiger charge is -2.16. The number of amides is 1. The van der Waals surface area contributed by atoms with Crippen LogP contribution in [0, 0.1) is 0 Å². The van der Waals surface area contributed by atoms with Gasteiger partial charge in [-0.25, -0.2) is 18.4 Å². The molecule has 9 heteroatoms. The van der Waals surface area contributed by atoms with Gasteiger partial charge in [-0.2, -0.15) is 0 Å². The molecule has 0 aliphatic heterocycles. The summed E-state index contributed by atoms with van der Waals surface area (Å²) in [5.41, 5.74) is 1.32. The van der Waals surface area contributed by atoms with Gasteiger partial charge >= 0.3 is 5.97 Å². The zero-order valence-electron chi connectivity index (χ0n) is 17.2. The van der Waals surface area contributed by atoms with Gasteiger partial charge in [-0.1, -0.05) is 48.5 Å². The van der Waals surface area contributed by atoms with Crippen LogP contribution in [-0.4, -0.2) is 26.4 Å². The van der Waals surface area contributed by atoms with E-state index in [-0.39, 0.29) is 22.8 Å². The minimum Gasteiger partial charge on any atom is -0.488 e. The van der Waals surface area contributed by atoms with Crippen molar-refractivity contribution in [3.05, 3.63) is 90.0 Å². The first kappa shape index (κ1) is 23.0. The molecular formula is C23H22N2O6S. The molecule has 3 N–H and O–H groups in total. The number of hydrogen-bond acceptors (Lipinski definition) is 6. The molecule has 166 valence electrons. The van der Waals surface area contributed by atoms with Crippen LogP contribution < -0.4 is 15.2 Å². The lowest BCUT2D eigenvalue weighted by molar-refractivity contribution is -0.123. The molecule has 3 aromatic rings. The summed E-state index contributed by atoms with van der Waals surface area (Å²) in [6.07, 6.45) is -1.15. The summed E-state index contributed by atoms with van der Waals surface area (Å²) >= 11 is 0. The van der Waals surface area contributed by atoms with Crippen LogP contribution in [-0.2, 0) is 26.2 Å². The van der Waals surface area contributed by atoms with E-state index in [1.807, 2.05) is 30.3 Å². The quantitative estimate of drug-likeness (QED) is 0.504. The average Bonchev–Trinajstić information content (AvgIpc) is 2.78. The lowest BCUT2D eigenvalue weighted by atomic mass is 10.2. The van der Waals surface area contributed by atoms with Crippen molar-refractivity contribution >= 4 is 27.6 Å². The molecule has 8 nitrogen and oxygen atoms in total. The normalized spacial score (nSPS) is 11.9. The second-order valence-corrected chi connectivity index (χ2v) is 8.44. The van der Waals surface area contributed by atoms with E-state index >= 15 is 0 Å². The summed E-state index contributed by atoms with van der Waals surface area (Å²) in [6.45, 7) is 1.67. The molecule has 3 aromatic carbocycles. The number of hydrogen-bond donors (Lipinski definition) is 2. The van der Waals surface area contributed by atoms with E-state index in [0.717, 1.165) is 5.56 Å². The maximum absolute atomic E-state index is 12.7. The van der Waals surface area contributed by atoms with Crippen molar-refractivity contribution in [3.63, 3.8) is 0 Å². The highest BCUT2D eigenvalue weighted by Crippen LogP contribution is 2.21. The standard InChI is InChI=1S/C23H22N2O6S/c1-16(22(26)25-18-10-7-11-19(14-18)32(24,28)29)31-23(27)20-12-5-6-13-21(20)30-15-17-8-3-2-4-9-17/h2-14,16H,15H2,1H3,(H,25,26)(H2,24,28,29). The highest BCUT2D eigenvalue weighted by molar-refractivity contribution is 7.89. The fourth-order valence-corrected chi connectivity index (χ4v) is 3.33. The number of nitrogens with one attached hydrogen (secondary N) is 1. The number of primary sulfonamides is 1. The van der Waals surface area contributed by atoms with Gasteiger partial charge in [0, 0.05) is 5.69 Å². The van der Waals surface area contributed by atoms with Gasteiger partial charge in [0.05, 0.1) is 4.90 Å². The molecule has 0 saturated carbocycles. The van der Waals surface area contributed by atoms with Crippen LogP contribution in [0.4, 0.5) is 5.69 Å². The molecule has 0 saturated heterocycles. The fourth-order valence-electron chi connectivity index (χ4n) is 2.77. The number of anilines is 1. The number of carbonyl (C=O) groups excluding carboxylic acids is 2. The molecule has 1 amide bonds. The van der Waals surface area contributed by atoms with Crippen molar-refractivity contribution in [2.45, 2.75) is 24.5 Å². The van der Waals surface area contributed by atoms with Crippen molar-refractivity contribution in [3.8, 4) is 5.75 Å². The third-order valence-electron chi connectivity index (χ3n) is 4.43. The molecule has 0 radical (unpaired) electrons. The molecule has 0 heterocycles. The minimum atomic E-state index is -3.92. The smallest absolute Gasteiger partial charge is 0.342 e. The summed E-state index contributed by atoms with van der Waals surface area (Å²) in [5, 5.41) is 7.61. The molecule has 32 heavy (non-hydrogen) atoms. The number of rotatable bonds is 8. The van der Waals surface area contributed by atoms with E-state index in [4.69, 9.17) is 14.6 Å². The number of nitrogens with two attached hydrogens (primary N) is 1. The average molecular weight is 455 g/mol. The first-order valence-corrected chi connectivity index (χ1v) is 11.2. The Labute approximate surface area is 186 Å². The van der Waals surface area contributed by atoms with E-state index in [9.17, 15) is 18.0 Å². The molecule has 0 fully saturated rings. The topological polar surface area (TPSA) is 125 Å². The third-order valence-corrected chi connectivity index (χ3v) is 5.34. The Morgan fingerprint density at radius 2 is 1.66 bits per heavy atom. The van der Waals surface area contributed by atoms with Gasteiger partial charge < -0.3 is 14.8 Å². The molecule has 0 aromatic heterocycles. The molecule has 0 bridgehead atoms. The Kier molecular flexibility index (Phi) is 7.24. The van der Waals surface area contributed by atoms with Crippen LogP contribution in [0.15, 0.2) is 83.8 Å². The summed E-state index contributed by atoms with van der Waals surface area (Å²) < 4.78 is 34.0. The van der Waals surface area contributed by atoms with Crippen LogP contribution in [0.3, 0.4) is 0 Å². The van der Waals surface area contributed by atoms with Gasteiger partial charge in [0.1, 0.15) is 17.9 Å². The first-order chi connectivity index (χ1) is 15.2. The number of esters is 1. The first-order valence-electron chi connectivity index (χ1n) is 9.64. The maximum atomic E-state index is 12.7. The molecule has 3 rings (SSSR count). The SMILES string of the molecule is CC(OC(=O)c1ccccc1OCc1ccccc1)C(=O)Nc1cccc(S(N)(=O)=O)c1.